The highest BCUT2D eigenvalue weighted by Gasteiger charge is 2.35. The summed E-state index contributed by atoms with van der Waals surface area (Å²) in [5.74, 6) is 1.04. The number of carbonyl (C=O) groups is 1. The van der Waals surface area contributed by atoms with E-state index >= 15 is 0 Å². The molecule has 3 saturated heterocycles. The summed E-state index contributed by atoms with van der Waals surface area (Å²) in [5.41, 5.74) is 0. The summed E-state index contributed by atoms with van der Waals surface area (Å²) in [4.78, 5) is 17.1. The van der Waals surface area contributed by atoms with Crippen LogP contribution in [0, 0.1) is 5.92 Å². The molecule has 3 fully saturated rings. The number of likely N-dealkylation sites (tertiary alicyclic amines) is 2. The van der Waals surface area contributed by atoms with Crippen molar-refractivity contribution in [1.29, 1.82) is 0 Å². The molecule has 0 aliphatic carbocycles. The van der Waals surface area contributed by atoms with Gasteiger partial charge in [0.1, 0.15) is 0 Å². The van der Waals surface area contributed by atoms with Crippen molar-refractivity contribution in [3.8, 4) is 0 Å². The number of hydrogen-bond acceptors (Lipinski definition) is 3. The van der Waals surface area contributed by atoms with E-state index in [1.807, 2.05) is 0 Å². The Morgan fingerprint density at radius 2 is 2.00 bits per heavy atom. The Kier molecular flexibility index (Phi) is 4.61. The number of amides is 1. The van der Waals surface area contributed by atoms with Crippen molar-refractivity contribution in [2.24, 2.45) is 5.92 Å². The Morgan fingerprint density at radius 1 is 1.15 bits per heavy atom. The molecule has 4 nitrogen and oxygen atoms in total. The molecular weight excluding hydrogens is 250 g/mol. The number of carbonyl (C=O) groups excluding carboxylic acids is 1. The van der Waals surface area contributed by atoms with Crippen LogP contribution in [0.1, 0.15) is 45.4 Å². The lowest BCUT2D eigenvalue weighted by Gasteiger charge is -2.34. The predicted molar refractivity (Wildman–Crippen MR) is 80.6 cm³/mol. The molecule has 1 N–H and O–H groups in total. The Bertz CT molecular complexity index is 341. The van der Waals surface area contributed by atoms with Crippen molar-refractivity contribution < 1.29 is 4.79 Å². The average Bonchev–Trinajstić information content (AvgIpc) is 3.08. The van der Waals surface area contributed by atoms with Crippen molar-refractivity contribution in [2.75, 3.05) is 32.7 Å². The van der Waals surface area contributed by atoms with Crippen molar-refractivity contribution in [2.45, 2.75) is 57.5 Å². The second-order valence-electron chi connectivity index (χ2n) is 6.97. The average molecular weight is 279 g/mol. The number of rotatable bonds is 3. The molecule has 0 radical (unpaired) electrons. The molecule has 114 valence electrons. The molecule has 0 aromatic heterocycles. The second kappa shape index (κ2) is 6.44. The highest BCUT2D eigenvalue weighted by molar-refractivity contribution is 5.78. The van der Waals surface area contributed by atoms with Gasteiger partial charge < -0.3 is 10.2 Å². The van der Waals surface area contributed by atoms with Crippen LogP contribution in [0.3, 0.4) is 0 Å². The molecule has 0 bridgehead atoms. The van der Waals surface area contributed by atoms with E-state index in [2.05, 4.69) is 22.0 Å². The lowest BCUT2D eigenvalue weighted by atomic mass is 10.00. The zero-order valence-corrected chi connectivity index (χ0v) is 12.8. The van der Waals surface area contributed by atoms with Crippen LogP contribution in [0.2, 0.25) is 0 Å². The minimum Gasteiger partial charge on any atom is -0.341 e. The molecule has 3 aliphatic rings. The van der Waals surface area contributed by atoms with Crippen molar-refractivity contribution in [3.63, 3.8) is 0 Å². The molecule has 4 heteroatoms. The zero-order chi connectivity index (χ0) is 13.9. The number of nitrogens with zero attached hydrogens (tertiary/aromatic N) is 2. The van der Waals surface area contributed by atoms with E-state index in [0.29, 0.717) is 30.5 Å². The van der Waals surface area contributed by atoms with Crippen LogP contribution >= 0.6 is 0 Å². The number of nitrogens with one attached hydrogen (secondary N) is 1. The van der Waals surface area contributed by atoms with Gasteiger partial charge in [0.15, 0.2) is 0 Å². The maximum Gasteiger partial charge on any atom is 0.236 e. The standard InChI is InChI=1S/C16H29N3O/c1-13-5-3-10-19(11-13)16(20)12-18-9-4-7-15(18)14-6-2-8-17-14/h13-15,17H,2-12H2,1H3. The summed E-state index contributed by atoms with van der Waals surface area (Å²) in [5, 5.41) is 3.62. The van der Waals surface area contributed by atoms with Gasteiger partial charge in [0, 0.05) is 25.2 Å². The summed E-state index contributed by atoms with van der Waals surface area (Å²) < 4.78 is 0. The predicted octanol–water partition coefficient (Wildman–Crippen LogP) is 1.46. The van der Waals surface area contributed by atoms with Gasteiger partial charge in [-0.05, 0) is 57.5 Å². The van der Waals surface area contributed by atoms with E-state index in [0.717, 1.165) is 26.2 Å². The third-order valence-corrected chi connectivity index (χ3v) is 5.33. The van der Waals surface area contributed by atoms with E-state index in [9.17, 15) is 4.79 Å². The molecule has 3 heterocycles. The van der Waals surface area contributed by atoms with Crippen LogP contribution in [0.25, 0.3) is 0 Å². The van der Waals surface area contributed by atoms with Crippen LogP contribution in [0.4, 0.5) is 0 Å². The molecule has 3 atom stereocenters. The molecule has 20 heavy (non-hydrogen) atoms. The third-order valence-electron chi connectivity index (χ3n) is 5.33. The van der Waals surface area contributed by atoms with E-state index in [1.165, 1.54) is 38.5 Å². The minimum atomic E-state index is 0.362. The maximum absolute atomic E-state index is 12.5. The van der Waals surface area contributed by atoms with Crippen molar-refractivity contribution >= 4 is 5.91 Å². The topological polar surface area (TPSA) is 35.6 Å². The summed E-state index contributed by atoms with van der Waals surface area (Å²) in [6, 6.07) is 1.23. The second-order valence-corrected chi connectivity index (χ2v) is 6.97. The first-order chi connectivity index (χ1) is 9.74. The fraction of sp³-hybridized carbons (Fsp3) is 0.938. The normalized spacial score (nSPS) is 35.6. The Hall–Kier alpha value is -0.610. The molecule has 1 amide bonds. The summed E-state index contributed by atoms with van der Waals surface area (Å²) >= 11 is 0. The highest BCUT2D eigenvalue weighted by atomic mass is 16.2. The van der Waals surface area contributed by atoms with E-state index in [1.54, 1.807) is 0 Å². The number of piperidine rings is 1. The van der Waals surface area contributed by atoms with Crippen LogP contribution < -0.4 is 5.32 Å². The zero-order valence-electron chi connectivity index (χ0n) is 12.8. The summed E-state index contributed by atoms with van der Waals surface area (Å²) in [7, 11) is 0. The lowest BCUT2D eigenvalue weighted by Crippen LogP contribution is -2.49. The van der Waals surface area contributed by atoms with Crippen molar-refractivity contribution in [1.82, 2.24) is 15.1 Å². The van der Waals surface area contributed by atoms with Gasteiger partial charge >= 0.3 is 0 Å². The summed E-state index contributed by atoms with van der Waals surface area (Å²) in [6.45, 7) is 7.13. The van der Waals surface area contributed by atoms with Crippen LogP contribution in [0.5, 0.6) is 0 Å². The molecule has 0 spiro atoms. The maximum atomic E-state index is 12.5. The van der Waals surface area contributed by atoms with Crippen LogP contribution in [-0.4, -0.2) is 60.5 Å². The van der Waals surface area contributed by atoms with Gasteiger partial charge in [0.05, 0.1) is 6.54 Å². The molecular formula is C16H29N3O. The minimum absolute atomic E-state index is 0.362. The van der Waals surface area contributed by atoms with Crippen LogP contribution in [-0.2, 0) is 4.79 Å². The first-order valence-electron chi connectivity index (χ1n) is 8.49. The molecule has 0 aromatic carbocycles. The molecule has 3 rings (SSSR count). The van der Waals surface area contributed by atoms with Gasteiger partial charge in [-0.1, -0.05) is 6.92 Å². The van der Waals surface area contributed by atoms with E-state index in [-0.39, 0.29) is 0 Å². The SMILES string of the molecule is CC1CCCN(C(=O)CN2CCCC2C2CCCN2)C1. The van der Waals surface area contributed by atoms with E-state index < -0.39 is 0 Å². The van der Waals surface area contributed by atoms with Gasteiger partial charge in [0.25, 0.3) is 0 Å². The Balaban J connectivity index is 1.54. The monoisotopic (exact) mass is 279 g/mol. The van der Waals surface area contributed by atoms with Gasteiger partial charge in [-0.3, -0.25) is 9.69 Å². The van der Waals surface area contributed by atoms with Gasteiger partial charge in [0.2, 0.25) is 5.91 Å². The lowest BCUT2D eigenvalue weighted by molar-refractivity contribution is -0.134. The fourth-order valence-electron chi connectivity index (χ4n) is 4.23. The third kappa shape index (κ3) is 3.17. The largest absolute Gasteiger partial charge is 0.341 e. The van der Waals surface area contributed by atoms with Crippen LogP contribution in [0.15, 0.2) is 0 Å². The first kappa shape index (κ1) is 14.3. The van der Waals surface area contributed by atoms with E-state index in [4.69, 9.17) is 0 Å². The highest BCUT2D eigenvalue weighted by Crippen LogP contribution is 2.25. The Morgan fingerprint density at radius 3 is 2.75 bits per heavy atom. The van der Waals surface area contributed by atoms with Gasteiger partial charge in [-0.25, -0.2) is 0 Å². The van der Waals surface area contributed by atoms with Crippen molar-refractivity contribution in [3.05, 3.63) is 0 Å². The molecule has 0 aromatic rings. The van der Waals surface area contributed by atoms with Gasteiger partial charge in [-0.2, -0.15) is 0 Å². The fourth-order valence-corrected chi connectivity index (χ4v) is 4.23. The van der Waals surface area contributed by atoms with Gasteiger partial charge in [-0.15, -0.1) is 0 Å². The molecule has 3 unspecified atom stereocenters. The smallest absolute Gasteiger partial charge is 0.236 e. The first-order valence-corrected chi connectivity index (χ1v) is 8.49. The molecule has 3 aliphatic heterocycles. The molecule has 0 saturated carbocycles. The summed E-state index contributed by atoms with van der Waals surface area (Å²) in [6.07, 6.45) is 7.57. The Labute approximate surface area is 122 Å². The number of hydrogen-bond donors (Lipinski definition) is 1. The quantitative estimate of drug-likeness (QED) is 0.849.